The fourth-order valence-corrected chi connectivity index (χ4v) is 6.21. The van der Waals surface area contributed by atoms with Gasteiger partial charge in [0, 0.05) is 0 Å². The van der Waals surface area contributed by atoms with Crippen molar-refractivity contribution in [3.8, 4) is 0 Å². The summed E-state index contributed by atoms with van der Waals surface area (Å²) in [6.45, 7) is 0.333. The summed E-state index contributed by atoms with van der Waals surface area (Å²) in [4.78, 5) is 25.6. The van der Waals surface area contributed by atoms with Gasteiger partial charge in [0.25, 0.3) is 0 Å². The minimum absolute atomic E-state index is 0.0468. The van der Waals surface area contributed by atoms with Crippen LogP contribution in [-0.4, -0.2) is 63.6 Å². The van der Waals surface area contributed by atoms with Crippen LogP contribution in [0, 0.1) is 5.82 Å². The van der Waals surface area contributed by atoms with E-state index in [1.165, 1.54) is 25.1 Å². The van der Waals surface area contributed by atoms with Crippen molar-refractivity contribution in [1.29, 1.82) is 0 Å². The second kappa shape index (κ2) is 7.72. The number of piperidine rings is 1. The molecule has 1 aromatic carbocycles. The Bertz CT molecular complexity index is 648. The Morgan fingerprint density at radius 2 is 2.12 bits per heavy atom. The Kier molecular flexibility index (Phi) is 6.12. The van der Waals surface area contributed by atoms with Gasteiger partial charge >= 0.3 is 152 Å². The minimum atomic E-state index is -0.991. The van der Waals surface area contributed by atoms with E-state index in [0.29, 0.717) is 13.0 Å². The van der Waals surface area contributed by atoms with Crippen molar-refractivity contribution in [3.63, 3.8) is 0 Å². The zero-order chi connectivity index (χ0) is 17.9. The molecule has 1 aliphatic heterocycles. The number of hydrogen-bond donors (Lipinski definition) is 2. The van der Waals surface area contributed by atoms with Gasteiger partial charge in [-0.25, -0.2) is 0 Å². The van der Waals surface area contributed by atoms with Gasteiger partial charge < -0.3 is 0 Å². The third-order valence-electron chi connectivity index (χ3n) is 4.02. The number of likely N-dealkylation sites (tertiary alicyclic amines) is 1. The summed E-state index contributed by atoms with van der Waals surface area (Å²) in [5.41, 5.74) is 8.75. The first-order chi connectivity index (χ1) is 11.3. The maximum absolute atomic E-state index is 13.3. The molecular formula is C15H20AsClFN4O2. The Morgan fingerprint density at radius 3 is 2.71 bits per heavy atom. The molecule has 3 N–H and O–H groups in total. The van der Waals surface area contributed by atoms with E-state index < -0.39 is 31.9 Å². The molecule has 0 saturated carbocycles. The Morgan fingerprint density at radius 1 is 1.42 bits per heavy atom. The van der Waals surface area contributed by atoms with E-state index >= 15 is 0 Å². The molecular weight excluding hydrogens is 398 g/mol. The molecule has 131 valence electrons. The van der Waals surface area contributed by atoms with Gasteiger partial charge in [-0.3, -0.25) is 0 Å². The van der Waals surface area contributed by atoms with Crippen LogP contribution in [0.1, 0.15) is 12.8 Å². The number of nitrogens with zero attached hydrogens (tertiary/aromatic N) is 1. The average Bonchev–Trinajstić information content (AvgIpc) is 2.56. The number of amides is 3. The summed E-state index contributed by atoms with van der Waals surface area (Å²) < 4.78 is 13.4. The molecule has 0 bridgehead atoms. The van der Waals surface area contributed by atoms with E-state index in [1.807, 2.05) is 0 Å². The van der Waals surface area contributed by atoms with Crippen molar-refractivity contribution < 1.29 is 14.0 Å². The van der Waals surface area contributed by atoms with E-state index in [-0.39, 0.29) is 23.4 Å². The molecule has 0 aliphatic carbocycles. The van der Waals surface area contributed by atoms with Crippen molar-refractivity contribution in [3.05, 3.63) is 29.0 Å². The molecule has 6 nitrogen and oxygen atoms in total. The van der Waals surface area contributed by atoms with Crippen molar-refractivity contribution >= 4 is 43.6 Å². The molecule has 1 aliphatic rings. The predicted octanol–water partition coefficient (Wildman–Crippen LogP) is 0.0699. The number of carbonyl (C=O) groups is 2. The Balaban J connectivity index is 2.20. The molecule has 3 atom stereocenters. The number of rotatable bonds is 3. The first-order valence-corrected chi connectivity index (χ1v) is 9.95. The molecule has 3 unspecified atom stereocenters. The van der Waals surface area contributed by atoms with Crippen LogP contribution >= 0.6 is 11.6 Å². The molecule has 1 radical (unpaired) electrons. The molecule has 2 rings (SSSR count). The van der Waals surface area contributed by atoms with Gasteiger partial charge in [0.05, 0.1) is 0 Å². The Labute approximate surface area is 152 Å². The zero-order valence-electron chi connectivity index (χ0n) is 13.5. The standard InChI is InChI=1S/C15H20AsClFN4O2/c1-20-13(23)12-8-15(19,5-6-22(12)14(24)21-2)16-9-3-4-11(18)10(17)7-9/h3-4,7,12,16,19H,5-6,8H2,1-2H3,(H,20,23)(H,21,24). The predicted molar refractivity (Wildman–Crippen MR) is 92.3 cm³/mol. The van der Waals surface area contributed by atoms with Crippen molar-refractivity contribution in [1.82, 2.24) is 21.3 Å². The van der Waals surface area contributed by atoms with Crippen LogP contribution in [0.3, 0.4) is 0 Å². The van der Waals surface area contributed by atoms with Crippen LogP contribution in [0.15, 0.2) is 18.2 Å². The first-order valence-electron chi connectivity index (χ1n) is 7.48. The molecule has 1 aromatic rings. The number of halogens is 2. The first kappa shape index (κ1) is 19.0. The van der Waals surface area contributed by atoms with Crippen LogP contribution in [0.2, 0.25) is 5.02 Å². The zero-order valence-corrected chi connectivity index (χ0v) is 16.3. The third kappa shape index (κ3) is 4.21. The van der Waals surface area contributed by atoms with Gasteiger partial charge in [0.2, 0.25) is 0 Å². The van der Waals surface area contributed by atoms with E-state index in [0.717, 1.165) is 4.35 Å². The normalized spacial score (nSPS) is 24.2. The molecule has 1 saturated heterocycles. The van der Waals surface area contributed by atoms with E-state index in [1.54, 1.807) is 12.1 Å². The molecule has 1 fully saturated rings. The molecule has 9 heteroatoms. The second-order valence-electron chi connectivity index (χ2n) is 5.67. The van der Waals surface area contributed by atoms with Gasteiger partial charge in [-0.15, -0.1) is 0 Å². The Hall–Kier alpha value is -1.30. The van der Waals surface area contributed by atoms with Crippen LogP contribution in [0.5, 0.6) is 0 Å². The number of carbonyl (C=O) groups excluding carboxylic acids is 2. The van der Waals surface area contributed by atoms with Gasteiger partial charge in [0.1, 0.15) is 0 Å². The van der Waals surface area contributed by atoms with Gasteiger partial charge in [-0.05, 0) is 0 Å². The third-order valence-corrected chi connectivity index (χ3v) is 7.53. The molecule has 3 amide bonds. The van der Waals surface area contributed by atoms with Gasteiger partial charge in [-0.1, -0.05) is 0 Å². The number of hydrogen-bond acceptors (Lipinski definition) is 2. The maximum atomic E-state index is 13.3. The number of benzene rings is 1. The summed E-state index contributed by atoms with van der Waals surface area (Å²) in [5, 5.41) is 5.14. The fraction of sp³-hybridized carbons (Fsp3) is 0.467. The number of urea groups is 1. The topological polar surface area (TPSA) is 85.2 Å². The van der Waals surface area contributed by atoms with Crippen LogP contribution in [0.25, 0.3) is 0 Å². The van der Waals surface area contributed by atoms with E-state index in [9.17, 15) is 14.0 Å². The fourth-order valence-electron chi connectivity index (χ4n) is 2.76. The molecule has 0 spiro atoms. The van der Waals surface area contributed by atoms with E-state index in [2.05, 4.69) is 10.6 Å². The monoisotopic (exact) mass is 417 g/mol. The van der Waals surface area contributed by atoms with Gasteiger partial charge in [0.15, 0.2) is 0 Å². The summed E-state index contributed by atoms with van der Waals surface area (Å²) in [6, 6.07) is 3.52. The molecule has 24 heavy (non-hydrogen) atoms. The second-order valence-corrected chi connectivity index (χ2v) is 9.82. The van der Waals surface area contributed by atoms with Gasteiger partial charge in [-0.2, -0.15) is 0 Å². The molecule has 1 heterocycles. The average molecular weight is 418 g/mol. The van der Waals surface area contributed by atoms with Crippen LogP contribution in [0.4, 0.5) is 9.18 Å². The summed E-state index contributed by atoms with van der Waals surface area (Å²) >= 11 is 4.83. The number of nitrogens with one attached hydrogen (secondary N) is 3. The summed E-state index contributed by atoms with van der Waals surface area (Å²) in [6.07, 6.45) is 0.734. The number of likely N-dealkylation sites (N-methyl/N-ethyl adjacent to an activating group) is 1. The molecule has 0 aromatic heterocycles. The quantitative estimate of drug-likeness (QED) is 0.682. The SMILES string of the molecule is CNC(=O)C1CC([NH])([AsH]c2ccc(F)c(Cl)c2)CCN1C(=O)NC. The van der Waals surface area contributed by atoms with Crippen molar-refractivity contribution in [2.24, 2.45) is 0 Å². The summed E-state index contributed by atoms with van der Waals surface area (Å²) in [5.74, 6) is -0.762. The summed E-state index contributed by atoms with van der Waals surface area (Å²) in [7, 11) is 3.03. The van der Waals surface area contributed by atoms with Crippen molar-refractivity contribution in [2.45, 2.75) is 23.2 Å². The van der Waals surface area contributed by atoms with Crippen molar-refractivity contribution in [2.75, 3.05) is 20.6 Å². The van der Waals surface area contributed by atoms with E-state index in [4.69, 9.17) is 17.3 Å². The van der Waals surface area contributed by atoms with Crippen LogP contribution < -0.4 is 20.7 Å². The van der Waals surface area contributed by atoms with Crippen LogP contribution in [-0.2, 0) is 4.79 Å².